The minimum atomic E-state index is -0.539. The third-order valence-corrected chi connectivity index (χ3v) is 4.11. The van der Waals surface area contributed by atoms with Crippen LogP contribution in [0.25, 0.3) is 0 Å². The molecule has 0 bridgehead atoms. The van der Waals surface area contributed by atoms with Crippen molar-refractivity contribution in [3.63, 3.8) is 0 Å². The number of likely N-dealkylation sites (tertiary alicyclic amines) is 2. The van der Waals surface area contributed by atoms with Gasteiger partial charge in [-0.15, -0.1) is 0 Å². The zero-order valence-electron chi connectivity index (χ0n) is 13.2. The summed E-state index contributed by atoms with van der Waals surface area (Å²) in [6.45, 7) is 10.8. The number of carbonyl (C=O) groups excluding carboxylic acids is 1. The number of rotatable bonds is 1. The van der Waals surface area contributed by atoms with E-state index in [9.17, 15) is 9.90 Å². The molecule has 2 aliphatic heterocycles. The number of ether oxygens (including phenoxy) is 1. The van der Waals surface area contributed by atoms with E-state index in [-0.39, 0.29) is 6.09 Å². The van der Waals surface area contributed by atoms with Crippen LogP contribution in [0.2, 0.25) is 0 Å². The van der Waals surface area contributed by atoms with E-state index in [0.717, 1.165) is 45.4 Å². The summed E-state index contributed by atoms with van der Waals surface area (Å²) < 4.78 is 5.40. The van der Waals surface area contributed by atoms with Gasteiger partial charge in [0.2, 0.25) is 0 Å². The lowest BCUT2D eigenvalue weighted by Gasteiger charge is -2.37. The van der Waals surface area contributed by atoms with Gasteiger partial charge in [0.25, 0.3) is 0 Å². The van der Waals surface area contributed by atoms with Crippen LogP contribution in [0.5, 0.6) is 0 Å². The number of nitrogens with zero attached hydrogens (tertiary/aromatic N) is 2. The van der Waals surface area contributed by atoms with Gasteiger partial charge in [-0.05, 0) is 47.0 Å². The Hall–Kier alpha value is -0.810. The zero-order chi connectivity index (χ0) is 15.0. The Balaban J connectivity index is 1.80. The molecule has 5 nitrogen and oxygen atoms in total. The van der Waals surface area contributed by atoms with Crippen LogP contribution in [0.3, 0.4) is 0 Å². The summed E-state index contributed by atoms with van der Waals surface area (Å²) in [4.78, 5) is 16.2. The molecule has 0 radical (unpaired) electrons. The Labute approximate surface area is 121 Å². The van der Waals surface area contributed by atoms with Crippen molar-refractivity contribution >= 4 is 6.09 Å². The van der Waals surface area contributed by atoms with E-state index in [4.69, 9.17) is 4.74 Å². The van der Waals surface area contributed by atoms with Crippen LogP contribution in [0.1, 0.15) is 47.0 Å². The van der Waals surface area contributed by atoms with Crippen molar-refractivity contribution in [2.75, 3.05) is 26.2 Å². The molecule has 0 aromatic heterocycles. The van der Waals surface area contributed by atoms with Crippen LogP contribution in [0.15, 0.2) is 0 Å². The molecule has 0 aliphatic carbocycles. The first-order valence-electron chi connectivity index (χ1n) is 7.61. The highest BCUT2D eigenvalue weighted by molar-refractivity contribution is 5.68. The molecule has 2 saturated heterocycles. The normalized spacial score (nSPS) is 29.8. The van der Waals surface area contributed by atoms with E-state index in [1.54, 1.807) is 4.90 Å². The zero-order valence-corrected chi connectivity index (χ0v) is 13.2. The summed E-state index contributed by atoms with van der Waals surface area (Å²) in [5, 5.41) is 10.0. The fraction of sp³-hybridized carbons (Fsp3) is 0.933. The first kappa shape index (κ1) is 15.6. The van der Waals surface area contributed by atoms with Gasteiger partial charge < -0.3 is 14.7 Å². The number of piperidine rings is 1. The molecule has 2 aliphatic rings. The summed E-state index contributed by atoms with van der Waals surface area (Å²) in [5.41, 5.74) is -0.968. The monoisotopic (exact) mass is 284 g/mol. The van der Waals surface area contributed by atoms with Crippen molar-refractivity contribution in [3.8, 4) is 0 Å². The highest BCUT2D eigenvalue weighted by Crippen LogP contribution is 2.27. The number of aliphatic hydroxyl groups is 1. The van der Waals surface area contributed by atoms with Gasteiger partial charge in [0, 0.05) is 32.2 Å². The van der Waals surface area contributed by atoms with Crippen LogP contribution in [-0.2, 0) is 4.74 Å². The second-order valence-corrected chi connectivity index (χ2v) is 7.42. The summed E-state index contributed by atoms with van der Waals surface area (Å²) in [7, 11) is 0. The van der Waals surface area contributed by atoms with E-state index >= 15 is 0 Å². The largest absolute Gasteiger partial charge is 0.444 e. The number of hydrogen-bond acceptors (Lipinski definition) is 4. The van der Waals surface area contributed by atoms with E-state index < -0.39 is 11.2 Å². The SMILES string of the molecule is CC1(O)CCN(C2CCN(C(=O)OC(C)(C)C)CC2)C1. The van der Waals surface area contributed by atoms with Crippen LogP contribution < -0.4 is 0 Å². The minimum Gasteiger partial charge on any atom is -0.444 e. The van der Waals surface area contributed by atoms with Gasteiger partial charge >= 0.3 is 6.09 Å². The molecule has 116 valence electrons. The molecule has 2 rings (SSSR count). The van der Waals surface area contributed by atoms with Crippen molar-refractivity contribution in [3.05, 3.63) is 0 Å². The van der Waals surface area contributed by atoms with E-state index in [1.807, 2.05) is 27.7 Å². The Morgan fingerprint density at radius 2 is 1.85 bits per heavy atom. The maximum atomic E-state index is 12.0. The molecule has 0 aromatic carbocycles. The molecule has 20 heavy (non-hydrogen) atoms. The Kier molecular flexibility index (Phi) is 4.30. The molecule has 1 unspecified atom stereocenters. The summed E-state index contributed by atoms with van der Waals surface area (Å²) in [6, 6.07) is 0.489. The minimum absolute atomic E-state index is 0.204. The summed E-state index contributed by atoms with van der Waals surface area (Å²) in [6.07, 6.45) is 2.58. The quantitative estimate of drug-likeness (QED) is 0.798. The molecule has 1 atom stereocenters. The van der Waals surface area contributed by atoms with E-state index in [0.29, 0.717) is 6.04 Å². The van der Waals surface area contributed by atoms with Gasteiger partial charge in [0.15, 0.2) is 0 Å². The van der Waals surface area contributed by atoms with E-state index in [2.05, 4.69) is 4.90 Å². The molecule has 5 heteroatoms. The van der Waals surface area contributed by atoms with Crippen LogP contribution in [0, 0.1) is 0 Å². The molecule has 2 heterocycles. The molecule has 0 spiro atoms. The first-order chi connectivity index (χ1) is 9.16. The number of β-amino-alcohol motifs (C(OH)–C–C–N with tert-alkyl or cyclic N) is 1. The molecule has 0 saturated carbocycles. The van der Waals surface area contributed by atoms with Gasteiger partial charge in [-0.3, -0.25) is 4.90 Å². The number of carbonyl (C=O) groups is 1. The van der Waals surface area contributed by atoms with E-state index in [1.165, 1.54) is 0 Å². The van der Waals surface area contributed by atoms with Crippen LogP contribution >= 0.6 is 0 Å². The maximum Gasteiger partial charge on any atom is 0.410 e. The van der Waals surface area contributed by atoms with Crippen molar-refractivity contribution in [2.45, 2.75) is 64.2 Å². The molecule has 2 fully saturated rings. The van der Waals surface area contributed by atoms with Gasteiger partial charge in [0.1, 0.15) is 5.60 Å². The molecular weight excluding hydrogens is 256 g/mol. The van der Waals surface area contributed by atoms with Crippen molar-refractivity contribution in [1.82, 2.24) is 9.80 Å². The topological polar surface area (TPSA) is 53.0 Å². The third kappa shape index (κ3) is 4.09. The average Bonchev–Trinajstić information content (AvgIpc) is 2.68. The van der Waals surface area contributed by atoms with Gasteiger partial charge in [-0.1, -0.05) is 0 Å². The second-order valence-electron chi connectivity index (χ2n) is 7.42. The van der Waals surface area contributed by atoms with Gasteiger partial charge in [-0.25, -0.2) is 4.79 Å². The Morgan fingerprint density at radius 3 is 2.30 bits per heavy atom. The highest BCUT2D eigenvalue weighted by Gasteiger charge is 2.37. The summed E-state index contributed by atoms with van der Waals surface area (Å²) in [5.74, 6) is 0. The highest BCUT2D eigenvalue weighted by atomic mass is 16.6. The lowest BCUT2D eigenvalue weighted by molar-refractivity contribution is 0.0125. The number of amides is 1. The Morgan fingerprint density at radius 1 is 1.25 bits per heavy atom. The van der Waals surface area contributed by atoms with Crippen molar-refractivity contribution in [2.24, 2.45) is 0 Å². The second kappa shape index (κ2) is 5.53. The van der Waals surface area contributed by atoms with Crippen LogP contribution in [-0.4, -0.2) is 64.4 Å². The van der Waals surface area contributed by atoms with Crippen molar-refractivity contribution in [1.29, 1.82) is 0 Å². The summed E-state index contributed by atoms with van der Waals surface area (Å²) >= 11 is 0. The number of hydrogen-bond donors (Lipinski definition) is 1. The van der Waals surface area contributed by atoms with Gasteiger partial charge in [-0.2, -0.15) is 0 Å². The lowest BCUT2D eigenvalue weighted by Crippen LogP contribution is -2.48. The predicted octanol–water partition coefficient (Wildman–Crippen LogP) is 1.84. The fourth-order valence-electron chi connectivity index (χ4n) is 3.03. The maximum absolute atomic E-state index is 12.0. The van der Waals surface area contributed by atoms with Gasteiger partial charge in [0.05, 0.1) is 5.60 Å². The molecular formula is C15H28N2O3. The smallest absolute Gasteiger partial charge is 0.410 e. The third-order valence-electron chi connectivity index (χ3n) is 4.11. The molecule has 1 N–H and O–H groups in total. The molecule has 1 amide bonds. The average molecular weight is 284 g/mol. The predicted molar refractivity (Wildman–Crippen MR) is 77.6 cm³/mol. The first-order valence-corrected chi connectivity index (χ1v) is 7.61. The Bertz CT molecular complexity index is 355. The standard InChI is InChI=1S/C15H28N2O3/c1-14(2,3)20-13(18)16-8-5-12(6-9-16)17-10-7-15(4,19)11-17/h12,19H,5-11H2,1-4H3. The lowest BCUT2D eigenvalue weighted by atomic mass is 10.0. The fourth-order valence-corrected chi connectivity index (χ4v) is 3.03. The van der Waals surface area contributed by atoms with Crippen molar-refractivity contribution < 1.29 is 14.6 Å². The molecule has 0 aromatic rings. The van der Waals surface area contributed by atoms with Crippen LogP contribution in [0.4, 0.5) is 4.79 Å².